The minimum absolute atomic E-state index is 0.268. The zero-order valence-electron chi connectivity index (χ0n) is 18.8. The molecule has 31 heavy (non-hydrogen) atoms. The first-order valence-electron chi connectivity index (χ1n) is 12.1. The fourth-order valence-corrected chi connectivity index (χ4v) is 6.08. The summed E-state index contributed by atoms with van der Waals surface area (Å²) >= 11 is 0. The van der Waals surface area contributed by atoms with Gasteiger partial charge in [-0.3, -0.25) is 9.80 Å². The third-order valence-electron chi connectivity index (χ3n) is 7.78. The van der Waals surface area contributed by atoms with E-state index in [2.05, 4.69) is 49.0 Å². The minimum atomic E-state index is 0.268. The number of piperazine rings is 1. The number of allylic oxidation sites excluding steroid dienone is 1. The van der Waals surface area contributed by atoms with Crippen molar-refractivity contribution in [1.82, 2.24) is 19.7 Å². The normalized spacial score (nSPS) is 29.5. The van der Waals surface area contributed by atoms with Gasteiger partial charge in [0.1, 0.15) is 24.6 Å². The van der Waals surface area contributed by atoms with E-state index >= 15 is 0 Å². The molecule has 2 fully saturated rings. The van der Waals surface area contributed by atoms with Crippen molar-refractivity contribution in [3.8, 4) is 0 Å². The molecule has 1 aromatic heterocycles. The molecule has 7 heteroatoms. The molecule has 1 aromatic rings. The minimum Gasteiger partial charge on any atom is -0.395 e. The van der Waals surface area contributed by atoms with Gasteiger partial charge in [-0.05, 0) is 37.7 Å². The lowest BCUT2D eigenvalue weighted by atomic mass is 9.79. The Kier molecular flexibility index (Phi) is 5.99. The Labute approximate surface area is 185 Å². The van der Waals surface area contributed by atoms with Crippen LogP contribution < -0.4 is 0 Å². The first-order chi connectivity index (χ1) is 15.2. The molecule has 0 spiro atoms. The molecule has 0 aromatic carbocycles. The Morgan fingerprint density at radius 1 is 1.16 bits per heavy atom. The van der Waals surface area contributed by atoms with Gasteiger partial charge in [0.2, 0.25) is 11.9 Å². The Bertz CT molecular complexity index is 857. The fraction of sp³-hybridized carbons (Fsp3) is 0.667. The van der Waals surface area contributed by atoms with Crippen molar-refractivity contribution in [2.24, 2.45) is 16.8 Å². The summed E-state index contributed by atoms with van der Waals surface area (Å²) in [6, 6.07) is 2.17. The van der Waals surface area contributed by atoms with E-state index < -0.39 is 0 Å². The highest BCUT2D eigenvalue weighted by Gasteiger charge is 2.47. The molecule has 1 atom stereocenters. The number of aliphatic hydroxyl groups is 1. The topological polar surface area (TPSA) is 61.1 Å². The van der Waals surface area contributed by atoms with Crippen molar-refractivity contribution in [3.63, 3.8) is 0 Å². The van der Waals surface area contributed by atoms with Gasteiger partial charge in [0, 0.05) is 63.4 Å². The second kappa shape index (κ2) is 8.88. The van der Waals surface area contributed by atoms with Crippen molar-refractivity contribution < 1.29 is 9.68 Å². The number of nitrogens with one attached hydrogen (secondary N) is 1. The lowest BCUT2D eigenvalue weighted by Gasteiger charge is -2.37. The maximum atomic E-state index is 9.15. The number of nitrogens with zero attached hydrogens (tertiary/aromatic N) is 5. The van der Waals surface area contributed by atoms with Gasteiger partial charge in [0.25, 0.3) is 0 Å². The van der Waals surface area contributed by atoms with Crippen LogP contribution in [-0.4, -0.2) is 94.5 Å². The number of aromatic nitrogens is 1. The number of aromatic amines is 1. The van der Waals surface area contributed by atoms with Gasteiger partial charge in [0.15, 0.2) is 0 Å². The van der Waals surface area contributed by atoms with E-state index in [0.717, 1.165) is 50.9 Å². The number of aliphatic hydroxyl groups excluding tert-OH is 1. The summed E-state index contributed by atoms with van der Waals surface area (Å²) in [6.07, 6.45) is 10.4. The number of fused-ring (bicyclic) bond motifs is 3. The third-order valence-corrected chi connectivity index (χ3v) is 7.78. The summed E-state index contributed by atoms with van der Waals surface area (Å²) in [5.74, 6) is 2.36. The maximum Gasteiger partial charge on any atom is 0.238 e. The van der Waals surface area contributed by atoms with Crippen LogP contribution in [0.5, 0.6) is 0 Å². The number of hydrogen-bond acceptors (Lipinski definition) is 5. The quantitative estimate of drug-likeness (QED) is 0.688. The van der Waals surface area contributed by atoms with Gasteiger partial charge < -0.3 is 15.0 Å². The summed E-state index contributed by atoms with van der Waals surface area (Å²) in [4.78, 5) is 15.3. The van der Waals surface area contributed by atoms with Crippen LogP contribution >= 0.6 is 0 Å². The van der Waals surface area contributed by atoms with Gasteiger partial charge in [-0.25, -0.2) is 4.99 Å². The van der Waals surface area contributed by atoms with Crippen molar-refractivity contribution in [2.45, 2.75) is 45.2 Å². The maximum absolute atomic E-state index is 9.15. The summed E-state index contributed by atoms with van der Waals surface area (Å²) < 4.78 is 2.29. The van der Waals surface area contributed by atoms with Gasteiger partial charge >= 0.3 is 0 Å². The van der Waals surface area contributed by atoms with Crippen LogP contribution in [0.4, 0.5) is 5.82 Å². The molecule has 0 radical (unpaired) electrons. The van der Waals surface area contributed by atoms with Crippen molar-refractivity contribution >= 4 is 24.6 Å². The fourth-order valence-electron chi connectivity index (χ4n) is 6.08. The molecule has 0 amide bonds. The first kappa shape index (κ1) is 20.9. The second-order valence-corrected chi connectivity index (χ2v) is 9.57. The molecule has 4 heterocycles. The average Bonchev–Trinajstić information content (AvgIpc) is 3.37. The lowest BCUT2D eigenvalue weighted by Crippen LogP contribution is -2.48. The summed E-state index contributed by atoms with van der Waals surface area (Å²) in [6.45, 7) is 13.5. The predicted molar refractivity (Wildman–Crippen MR) is 125 cm³/mol. The molecule has 5 rings (SSSR count). The van der Waals surface area contributed by atoms with E-state index in [4.69, 9.17) is 5.11 Å². The van der Waals surface area contributed by atoms with E-state index in [9.17, 15) is 0 Å². The van der Waals surface area contributed by atoms with Crippen LogP contribution in [0.15, 0.2) is 23.0 Å². The molecular formula is C24H37N6O+. The zero-order chi connectivity index (χ0) is 21.4. The molecule has 3 aliphatic heterocycles. The smallest absolute Gasteiger partial charge is 0.238 e. The highest BCUT2D eigenvalue weighted by molar-refractivity contribution is 5.88. The van der Waals surface area contributed by atoms with Gasteiger partial charge in [-0.1, -0.05) is 6.92 Å². The van der Waals surface area contributed by atoms with Crippen LogP contribution in [0.25, 0.3) is 5.70 Å². The Hall–Kier alpha value is -1.96. The number of rotatable bonds is 6. The summed E-state index contributed by atoms with van der Waals surface area (Å²) in [5, 5.41) is 9.15. The average molecular weight is 426 g/mol. The monoisotopic (exact) mass is 425 g/mol. The molecule has 4 aliphatic rings. The largest absolute Gasteiger partial charge is 0.395 e. The van der Waals surface area contributed by atoms with E-state index in [1.54, 1.807) is 0 Å². The standard InChI is InChI=1S/C24H37N6O/c1-3-21-27(2)22(23-20-8-9-25-24(20)26-17-30(21)23)19-6-4-18(5-7-19)16-29-12-10-28(11-13-29)14-15-31/h8-9,17-19,21,25,31H,2-7,10-16H2,1H3/q+1. The van der Waals surface area contributed by atoms with E-state index in [1.807, 2.05) is 12.5 Å². The van der Waals surface area contributed by atoms with Crippen molar-refractivity contribution in [1.29, 1.82) is 0 Å². The van der Waals surface area contributed by atoms with Crippen molar-refractivity contribution in [2.75, 3.05) is 45.9 Å². The van der Waals surface area contributed by atoms with Gasteiger partial charge in [-0.15, -0.1) is 0 Å². The van der Waals surface area contributed by atoms with Crippen LogP contribution in [0.2, 0.25) is 0 Å². The molecule has 0 bridgehead atoms. The SMILES string of the molecule is C=[N+]1C(C2CCC(CN3CCN(CCO)CC3)CC2)=C2c3cc[nH]c3N=CN2C1CC. The first-order valence-corrected chi connectivity index (χ1v) is 12.1. The predicted octanol–water partition coefficient (Wildman–Crippen LogP) is 2.54. The van der Waals surface area contributed by atoms with Gasteiger partial charge in [-0.2, -0.15) is 4.58 Å². The highest BCUT2D eigenvalue weighted by Crippen LogP contribution is 2.46. The summed E-state index contributed by atoms with van der Waals surface area (Å²) in [7, 11) is 0. The lowest BCUT2D eigenvalue weighted by molar-refractivity contribution is -0.522. The molecule has 168 valence electrons. The molecule has 2 N–H and O–H groups in total. The number of hydrogen-bond donors (Lipinski definition) is 2. The number of H-pyrrole nitrogens is 1. The Balaban J connectivity index is 1.25. The van der Waals surface area contributed by atoms with E-state index in [0.29, 0.717) is 5.92 Å². The molecule has 1 unspecified atom stereocenters. The van der Waals surface area contributed by atoms with Crippen LogP contribution in [-0.2, 0) is 0 Å². The van der Waals surface area contributed by atoms with Crippen LogP contribution in [0.3, 0.4) is 0 Å². The van der Waals surface area contributed by atoms with E-state index in [1.165, 1.54) is 49.2 Å². The van der Waals surface area contributed by atoms with Gasteiger partial charge in [0.05, 0.1) is 6.61 Å². The van der Waals surface area contributed by atoms with Crippen molar-refractivity contribution in [3.05, 3.63) is 23.5 Å². The molecule has 7 nitrogen and oxygen atoms in total. The van der Waals surface area contributed by atoms with E-state index in [-0.39, 0.29) is 12.8 Å². The Morgan fingerprint density at radius 2 is 1.90 bits per heavy atom. The second-order valence-electron chi connectivity index (χ2n) is 9.57. The molecule has 1 saturated carbocycles. The molecule has 1 saturated heterocycles. The van der Waals surface area contributed by atoms with Crippen LogP contribution in [0.1, 0.15) is 44.6 Å². The third kappa shape index (κ3) is 3.88. The number of aliphatic imine (C=N–C) groups is 1. The Morgan fingerprint density at radius 3 is 2.61 bits per heavy atom. The summed E-state index contributed by atoms with van der Waals surface area (Å²) in [5.41, 5.74) is 3.98. The molecule has 1 aliphatic carbocycles. The number of β-amino-alcohol motifs (C(OH)–C–C–N with tert-alkyl or cyclic N) is 1. The zero-order valence-corrected chi connectivity index (χ0v) is 18.8. The molecular weight excluding hydrogens is 388 g/mol. The highest BCUT2D eigenvalue weighted by atomic mass is 16.3. The van der Waals surface area contributed by atoms with Crippen LogP contribution in [0, 0.1) is 11.8 Å².